The van der Waals surface area contributed by atoms with Gasteiger partial charge in [-0.25, -0.2) is 0 Å². The lowest BCUT2D eigenvalue weighted by molar-refractivity contribution is -0.140. The maximum absolute atomic E-state index is 10.8. The van der Waals surface area contributed by atoms with Crippen LogP contribution in [-0.2, 0) is 14.4 Å². The van der Waals surface area contributed by atoms with Crippen LogP contribution in [0.3, 0.4) is 0 Å². The van der Waals surface area contributed by atoms with E-state index < -0.39 is 24.1 Å². The molecule has 0 saturated carbocycles. The summed E-state index contributed by atoms with van der Waals surface area (Å²) in [5, 5.41) is 29.2. The summed E-state index contributed by atoms with van der Waals surface area (Å²) in [6.45, 7) is 1.59. The molecule has 0 aliphatic carbocycles. The van der Waals surface area contributed by atoms with Gasteiger partial charge in [0.15, 0.2) is 5.78 Å². The first-order valence-electron chi connectivity index (χ1n) is 5.71. The van der Waals surface area contributed by atoms with E-state index in [0.717, 1.165) is 0 Å². The maximum Gasteiger partial charge on any atom is 0.320 e. The van der Waals surface area contributed by atoms with Gasteiger partial charge in [0.25, 0.3) is 0 Å². The van der Waals surface area contributed by atoms with Crippen LogP contribution in [0.4, 0.5) is 0 Å². The number of nitrogens with one attached hydrogen (secondary N) is 1. The summed E-state index contributed by atoms with van der Waals surface area (Å²) in [6.07, 6.45) is -0.542. The van der Waals surface area contributed by atoms with Gasteiger partial charge >= 0.3 is 11.9 Å². The van der Waals surface area contributed by atoms with E-state index >= 15 is 0 Å². The Balaban J connectivity index is 3.87. The summed E-state index contributed by atoms with van der Waals surface area (Å²) >= 11 is 0. The Morgan fingerprint density at radius 1 is 1.17 bits per heavy atom. The molecule has 2 atom stereocenters. The third-order valence-corrected chi connectivity index (χ3v) is 2.46. The number of hydrogen-bond acceptors (Lipinski definition) is 5. The van der Waals surface area contributed by atoms with Gasteiger partial charge in [0, 0.05) is 6.42 Å². The number of carboxylic acids is 2. The van der Waals surface area contributed by atoms with Crippen molar-refractivity contribution in [1.82, 2.24) is 5.32 Å². The zero-order valence-electron chi connectivity index (χ0n) is 10.3. The van der Waals surface area contributed by atoms with Crippen LogP contribution >= 0.6 is 0 Å². The van der Waals surface area contributed by atoms with Gasteiger partial charge < -0.3 is 20.6 Å². The molecule has 0 aliphatic heterocycles. The van der Waals surface area contributed by atoms with Gasteiger partial charge in [-0.05, 0) is 32.7 Å². The van der Waals surface area contributed by atoms with Crippen molar-refractivity contribution in [3.05, 3.63) is 0 Å². The second kappa shape index (κ2) is 8.60. The molecule has 0 spiro atoms. The zero-order valence-corrected chi connectivity index (χ0v) is 10.3. The number of carbonyl (C=O) groups excluding carboxylic acids is 1. The number of carbonyl (C=O) groups is 3. The van der Waals surface area contributed by atoms with Crippen LogP contribution in [0.5, 0.6) is 0 Å². The molecule has 0 heterocycles. The van der Waals surface area contributed by atoms with Crippen LogP contribution in [-0.4, -0.2) is 51.7 Å². The number of aliphatic carboxylic acids is 2. The van der Waals surface area contributed by atoms with Gasteiger partial charge in [-0.3, -0.25) is 14.4 Å². The first-order valence-corrected chi connectivity index (χ1v) is 5.71. The van der Waals surface area contributed by atoms with E-state index in [1.807, 2.05) is 0 Å². The first-order chi connectivity index (χ1) is 8.34. The van der Waals surface area contributed by atoms with Gasteiger partial charge in [-0.15, -0.1) is 0 Å². The molecular weight excluding hydrogens is 242 g/mol. The number of aliphatic hydroxyl groups is 1. The molecule has 0 aliphatic rings. The van der Waals surface area contributed by atoms with E-state index in [1.54, 1.807) is 0 Å². The van der Waals surface area contributed by atoms with Gasteiger partial charge in [-0.2, -0.15) is 0 Å². The van der Waals surface area contributed by atoms with Gasteiger partial charge in [0.2, 0.25) is 0 Å². The lowest BCUT2D eigenvalue weighted by Crippen LogP contribution is -2.38. The predicted octanol–water partition coefficient (Wildman–Crippen LogP) is -0.376. The molecule has 1 unspecified atom stereocenters. The first kappa shape index (κ1) is 16.5. The summed E-state index contributed by atoms with van der Waals surface area (Å²) in [7, 11) is 0. The standard InChI is InChI=1S/C11H19NO6/c1-7(13)9(14)3-2-6-12-8(11(17)18)4-5-10(15)16/h8-9,12,14H,2-6H2,1H3,(H,15,16)(H,17,18)/t8-,9?/m0/s1. The fraction of sp³-hybridized carbons (Fsp3) is 0.727. The fourth-order valence-corrected chi connectivity index (χ4v) is 1.36. The molecule has 0 aromatic rings. The molecule has 4 N–H and O–H groups in total. The van der Waals surface area contributed by atoms with Crippen LogP contribution in [0.15, 0.2) is 0 Å². The summed E-state index contributed by atoms with van der Waals surface area (Å²) in [5.74, 6) is -2.48. The fourth-order valence-electron chi connectivity index (χ4n) is 1.36. The molecule has 0 rings (SSSR count). The molecule has 0 fully saturated rings. The number of hydrogen-bond donors (Lipinski definition) is 4. The minimum atomic E-state index is -1.11. The van der Waals surface area contributed by atoms with E-state index in [-0.39, 0.29) is 25.0 Å². The third-order valence-electron chi connectivity index (χ3n) is 2.46. The van der Waals surface area contributed by atoms with Crippen molar-refractivity contribution in [2.24, 2.45) is 0 Å². The molecule has 0 bridgehead atoms. The summed E-state index contributed by atoms with van der Waals surface area (Å²) in [4.78, 5) is 31.8. The average Bonchev–Trinajstić information content (AvgIpc) is 2.26. The van der Waals surface area contributed by atoms with Crippen molar-refractivity contribution >= 4 is 17.7 Å². The summed E-state index contributed by atoms with van der Waals surface area (Å²) in [6, 6.07) is -0.921. The van der Waals surface area contributed by atoms with Crippen molar-refractivity contribution < 1.29 is 29.7 Å². The van der Waals surface area contributed by atoms with Gasteiger partial charge in [0.05, 0.1) is 0 Å². The highest BCUT2D eigenvalue weighted by Crippen LogP contribution is 2.01. The van der Waals surface area contributed by atoms with Crippen LogP contribution in [0.2, 0.25) is 0 Å². The Morgan fingerprint density at radius 2 is 1.78 bits per heavy atom. The smallest absolute Gasteiger partial charge is 0.320 e. The molecule has 0 amide bonds. The molecule has 0 radical (unpaired) electrons. The topological polar surface area (TPSA) is 124 Å². The van der Waals surface area contributed by atoms with E-state index in [1.165, 1.54) is 6.92 Å². The second-order valence-corrected chi connectivity index (χ2v) is 4.05. The van der Waals surface area contributed by atoms with Crippen molar-refractivity contribution in [3.8, 4) is 0 Å². The molecular formula is C11H19NO6. The van der Waals surface area contributed by atoms with Gasteiger partial charge in [0.1, 0.15) is 12.1 Å². The van der Waals surface area contributed by atoms with Crippen LogP contribution in [0.1, 0.15) is 32.6 Å². The normalized spacial score (nSPS) is 13.9. The van der Waals surface area contributed by atoms with Crippen molar-refractivity contribution in [2.75, 3.05) is 6.54 Å². The second-order valence-electron chi connectivity index (χ2n) is 4.05. The highest BCUT2D eigenvalue weighted by atomic mass is 16.4. The SMILES string of the molecule is CC(=O)C(O)CCCN[C@@H](CCC(=O)O)C(=O)O. The Bertz CT molecular complexity index is 304. The van der Waals surface area contributed by atoms with Crippen molar-refractivity contribution in [3.63, 3.8) is 0 Å². The van der Waals surface area contributed by atoms with E-state index in [9.17, 15) is 19.5 Å². The molecule has 104 valence electrons. The minimum absolute atomic E-state index is 0.0000709. The van der Waals surface area contributed by atoms with E-state index in [4.69, 9.17) is 10.2 Å². The average molecular weight is 261 g/mol. The molecule has 7 heteroatoms. The predicted molar refractivity (Wildman–Crippen MR) is 62.2 cm³/mol. The molecule has 18 heavy (non-hydrogen) atoms. The lowest BCUT2D eigenvalue weighted by Gasteiger charge is -2.13. The molecule has 0 saturated heterocycles. The molecule has 7 nitrogen and oxygen atoms in total. The molecule has 0 aromatic heterocycles. The van der Waals surface area contributed by atoms with Crippen LogP contribution in [0.25, 0.3) is 0 Å². The molecule has 0 aromatic carbocycles. The van der Waals surface area contributed by atoms with Crippen molar-refractivity contribution in [1.29, 1.82) is 0 Å². The number of aliphatic hydroxyl groups excluding tert-OH is 1. The Morgan fingerprint density at radius 3 is 2.22 bits per heavy atom. The number of Topliss-reactive ketones (excluding diaryl/α,β-unsaturated/α-hetero) is 1. The highest BCUT2D eigenvalue weighted by Gasteiger charge is 2.18. The van der Waals surface area contributed by atoms with E-state index in [2.05, 4.69) is 5.32 Å². The van der Waals surface area contributed by atoms with Crippen molar-refractivity contribution in [2.45, 2.75) is 44.8 Å². The summed E-state index contributed by atoms with van der Waals surface area (Å²) in [5.41, 5.74) is 0. The number of carboxylic acid groups (broad SMARTS) is 2. The zero-order chi connectivity index (χ0) is 14.1. The summed E-state index contributed by atoms with van der Waals surface area (Å²) < 4.78 is 0. The quantitative estimate of drug-likeness (QED) is 0.395. The number of ketones is 1. The Labute approximate surface area is 105 Å². The minimum Gasteiger partial charge on any atom is -0.481 e. The lowest BCUT2D eigenvalue weighted by atomic mass is 10.1. The Hall–Kier alpha value is -1.47. The maximum atomic E-state index is 10.8. The van der Waals surface area contributed by atoms with Gasteiger partial charge in [-0.1, -0.05) is 0 Å². The monoisotopic (exact) mass is 261 g/mol. The van der Waals surface area contributed by atoms with Crippen LogP contribution in [0, 0.1) is 0 Å². The highest BCUT2D eigenvalue weighted by molar-refractivity contribution is 5.80. The van der Waals surface area contributed by atoms with Crippen LogP contribution < -0.4 is 5.32 Å². The number of rotatable bonds is 10. The third kappa shape index (κ3) is 7.75. The largest absolute Gasteiger partial charge is 0.481 e. The Kier molecular flexibility index (Phi) is 7.89. The van der Waals surface area contributed by atoms with E-state index in [0.29, 0.717) is 13.0 Å².